The number of benzene rings is 1. The fourth-order valence-corrected chi connectivity index (χ4v) is 2.44. The van der Waals surface area contributed by atoms with Gasteiger partial charge in [-0.1, -0.05) is 17.3 Å². The van der Waals surface area contributed by atoms with Crippen LogP contribution in [0.25, 0.3) is 10.9 Å². The molecule has 2 aromatic rings. The molecule has 0 atom stereocenters. The number of ether oxygens (including phenoxy) is 1. The van der Waals surface area contributed by atoms with E-state index in [4.69, 9.17) is 4.74 Å². The van der Waals surface area contributed by atoms with Crippen LogP contribution in [0.4, 0.5) is 0 Å². The van der Waals surface area contributed by atoms with E-state index in [2.05, 4.69) is 15.2 Å². The van der Waals surface area contributed by atoms with Gasteiger partial charge in [0.2, 0.25) is 0 Å². The maximum Gasteiger partial charge on any atom is 0.277 e. The maximum absolute atomic E-state index is 12.2. The number of aromatic nitrogens is 3. The number of nitrogens with zero attached hydrogens (tertiary/aromatic N) is 4. The van der Waals surface area contributed by atoms with Crippen molar-refractivity contribution in [1.82, 2.24) is 19.9 Å². The lowest BCUT2D eigenvalue weighted by Crippen LogP contribution is -2.37. The summed E-state index contributed by atoms with van der Waals surface area (Å²) in [6.45, 7) is 5.11. The fourth-order valence-electron chi connectivity index (χ4n) is 2.44. The molecule has 0 aliphatic carbocycles. The molecule has 1 aliphatic rings. The summed E-state index contributed by atoms with van der Waals surface area (Å²) in [5.74, 6) is 0. The van der Waals surface area contributed by atoms with Gasteiger partial charge in [-0.2, -0.15) is 0 Å². The van der Waals surface area contributed by atoms with E-state index < -0.39 is 0 Å². The molecule has 0 spiro atoms. The highest BCUT2D eigenvalue weighted by Gasteiger charge is 2.10. The van der Waals surface area contributed by atoms with Crippen molar-refractivity contribution >= 4 is 10.9 Å². The van der Waals surface area contributed by atoms with Crippen molar-refractivity contribution in [2.24, 2.45) is 0 Å². The largest absolute Gasteiger partial charge is 0.379 e. The number of aryl methyl sites for hydroxylation is 1. The molecule has 2 heterocycles. The number of hydrogen-bond donors (Lipinski definition) is 0. The van der Waals surface area contributed by atoms with Crippen molar-refractivity contribution in [2.45, 2.75) is 13.0 Å². The minimum atomic E-state index is -0.0578. The molecular formula is C14H18N4O2. The Hall–Kier alpha value is -1.79. The van der Waals surface area contributed by atoms with Crippen LogP contribution in [0.3, 0.4) is 0 Å². The van der Waals surface area contributed by atoms with Gasteiger partial charge < -0.3 is 4.74 Å². The van der Waals surface area contributed by atoms with Crippen LogP contribution in [0.1, 0.15) is 6.42 Å². The highest BCUT2D eigenvalue weighted by Crippen LogP contribution is 2.04. The summed E-state index contributed by atoms with van der Waals surface area (Å²) in [7, 11) is 0. The molecule has 1 fully saturated rings. The standard InChI is InChI=1S/C14H18N4O2/c19-14-12-4-1-2-5-13(12)15-16-18(14)7-3-6-17-8-10-20-11-9-17/h1-2,4-5H,3,6-11H2. The molecule has 0 bridgehead atoms. The zero-order valence-electron chi connectivity index (χ0n) is 11.4. The smallest absolute Gasteiger partial charge is 0.277 e. The maximum atomic E-state index is 12.2. The summed E-state index contributed by atoms with van der Waals surface area (Å²) in [5.41, 5.74) is 0.597. The molecule has 106 valence electrons. The van der Waals surface area contributed by atoms with E-state index in [1.165, 1.54) is 4.68 Å². The topological polar surface area (TPSA) is 60.2 Å². The van der Waals surface area contributed by atoms with Crippen molar-refractivity contribution in [3.8, 4) is 0 Å². The first-order valence-electron chi connectivity index (χ1n) is 6.97. The lowest BCUT2D eigenvalue weighted by molar-refractivity contribution is 0.0367. The van der Waals surface area contributed by atoms with Gasteiger partial charge in [0, 0.05) is 26.2 Å². The average Bonchev–Trinajstić information content (AvgIpc) is 2.51. The molecule has 0 unspecified atom stereocenters. The van der Waals surface area contributed by atoms with Crippen LogP contribution in [0.2, 0.25) is 0 Å². The van der Waals surface area contributed by atoms with Crippen LogP contribution in [0, 0.1) is 0 Å². The number of morpholine rings is 1. The first-order chi connectivity index (χ1) is 9.84. The van der Waals surface area contributed by atoms with Crippen LogP contribution in [0.5, 0.6) is 0 Å². The van der Waals surface area contributed by atoms with E-state index in [-0.39, 0.29) is 5.56 Å². The van der Waals surface area contributed by atoms with Crippen LogP contribution in [0.15, 0.2) is 29.1 Å². The molecule has 1 aliphatic heterocycles. The molecule has 6 nitrogen and oxygen atoms in total. The van der Waals surface area contributed by atoms with Gasteiger partial charge >= 0.3 is 0 Å². The second-order valence-electron chi connectivity index (χ2n) is 4.94. The molecule has 0 saturated carbocycles. The molecule has 0 amide bonds. The third-order valence-corrected chi connectivity index (χ3v) is 3.58. The first kappa shape index (κ1) is 13.2. The van der Waals surface area contributed by atoms with Crippen LogP contribution in [-0.2, 0) is 11.3 Å². The van der Waals surface area contributed by atoms with Gasteiger partial charge in [0.1, 0.15) is 5.52 Å². The van der Waals surface area contributed by atoms with Gasteiger partial charge in [-0.25, -0.2) is 4.68 Å². The van der Waals surface area contributed by atoms with Crippen molar-refractivity contribution in [2.75, 3.05) is 32.8 Å². The lowest BCUT2D eigenvalue weighted by atomic mass is 10.2. The summed E-state index contributed by atoms with van der Waals surface area (Å²) in [4.78, 5) is 14.6. The van der Waals surface area contributed by atoms with Crippen LogP contribution in [-0.4, -0.2) is 52.7 Å². The summed E-state index contributed by atoms with van der Waals surface area (Å²) in [5, 5.41) is 8.72. The van der Waals surface area contributed by atoms with Crippen molar-refractivity contribution in [3.63, 3.8) is 0 Å². The van der Waals surface area contributed by atoms with Crippen molar-refractivity contribution in [1.29, 1.82) is 0 Å². The molecule has 6 heteroatoms. The van der Waals surface area contributed by atoms with E-state index in [0.29, 0.717) is 17.4 Å². The predicted octanol–water partition coefficient (Wildman–Crippen LogP) is 0.514. The van der Waals surface area contributed by atoms with E-state index in [1.54, 1.807) is 6.07 Å². The summed E-state index contributed by atoms with van der Waals surface area (Å²) < 4.78 is 6.77. The van der Waals surface area contributed by atoms with Crippen molar-refractivity contribution in [3.05, 3.63) is 34.6 Å². The number of fused-ring (bicyclic) bond motifs is 1. The fraction of sp³-hybridized carbons (Fsp3) is 0.500. The molecule has 3 rings (SSSR count). The van der Waals surface area contributed by atoms with Crippen LogP contribution >= 0.6 is 0 Å². The second-order valence-corrected chi connectivity index (χ2v) is 4.94. The van der Waals surface area contributed by atoms with E-state index >= 15 is 0 Å². The second kappa shape index (κ2) is 6.11. The van der Waals surface area contributed by atoms with Gasteiger partial charge in [0.15, 0.2) is 0 Å². The molecule has 20 heavy (non-hydrogen) atoms. The molecular weight excluding hydrogens is 256 g/mol. The van der Waals surface area contributed by atoms with E-state index in [0.717, 1.165) is 39.3 Å². The Kier molecular flexibility index (Phi) is 4.03. The number of rotatable bonds is 4. The zero-order chi connectivity index (χ0) is 13.8. The monoisotopic (exact) mass is 274 g/mol. The predicted molar refractivity (Wildman–Crippen MR) is 75.7 cm³/mol. The highest BCUT2D eigenvalue weighted by atomic mass is 16.5. The molecule has 1 aromatic carbocycles. The summed E-state index contributed by atoms with van der Waals surface area (Å²) in [6.07, 6.45) is 0.896. The Morgan fingerprint density at radius 3 is 2.80 bits per heavy atom. The Morgan fingerprint density at radius 1 is 1.15 bits per heavy atom. The third-order valence-electron chi connectivity index (χ3n) is 3.58. The number of hydrogen-bond acceptors (Lipinski definition) is 5. The van der Waals surface area contributed by atoms with Gasteiger partial charge in [-0.15, -0.1) is 5.10 Å². The minimum absolute atomic E-state index is 0.0578. The van der Waals surface area contributed by atoms with E-state index in [1.807, 2.05) is 18.2 Å². The SMILES string of the molecule is O=c1c2ccccc2nnn1CCCN1CCOCC1. The minimum Gasteiger partial charge on any atom is -0.379 e. The lowest BCUT2D eigenvalue weighted by Gasteiger charge is -2.26. The Labute approximate surface area is 117 Å². The van der Waals surface area contributed by atoms with Gasteiger partial charge in [0.25, 0.3) is 5.56 Å². The quantitative estimate of drug-likeness (QED) is 0.813. The van der Waals surface area contributed by atoms with Gasteiger partial charge in [0.05, 0.1) is 18.6 Å². The molecule has 0 radical (unpaired) electrons. The summed E-state index contributed by atoms with van der Waals surface area (Å²) in [6, 6.07) is 7.31. The Morgan fingerprint density at radius 2 is 1.95 bits per heavy atom. The highest BCUT2D eigenvalue weighted by molar-refractivity contribution is 5.76. The summed E-state index contributed by atoms with van der Waals surface area (Å²) >= 11 is 0. The third kappa shape index (κ3) is 2.86. The molecule has 0 N–H and O–H groups in total. The van der Waals surface area contributed by atoms with Crippen LogP contribution < -0.4 is 5.56 Å². The Balaban J connectivity index is 1.65. The van der Waals surface area contributed by atoms with E-state index in [9.17, 15) is 4.79 Å². The van der Waals surface area contributed by atoms with Gasteiger partial charge in [-0.3, -0.25) is 9.69 Å². The molecule has 1 saturated heterocycles. The average molecular weight is 274 g/mol. The van der Waals surface area contributed by atoms with Gasteiger partial charge in [-0.05, 0) is 18.6 Å². The normalized spacial score (nSPS) is 16.6. The molecule has 1 aromatic heterocycles. The van der Waals surface area contributed by atoms with Crippen molar-refractivity contribution < 1.29 is 4.74 Å². The Bertz CT molecular complexity index is 634. The first-order valence-corrected chi connectivity index (χ1v) is 6.97. The zero-order valence-corrected chi connectivity index (χ0v) is 11.4.